The number of aliphatic hydroxyl groups is 2. The molecule has 0 aliphatic carbocycles. The van der Waals surface area contributed by atoms with Crippen LogP contribution in [0.25, 0.3) is 0 Å². The number of carboxylic acids is 1. The Kier molecular flexibility index (Phi) is 9.90. The lowest BCUT2D eigenvalue weighted by atomic mass is 10.0. The van der Waals surface area contributed by atoms with Gasteiger partial charge in [0.05, 0.1) is 18.2 Å². The maximum atomic E-state index is 12.4. The van der Waals surface area contributed by atoms with Gasteiger partial charge in [0.15, 0.2) is 0 Å². The van der Waals surface area contributed by atoms with Crippen molar-refractivity contribution in [3.63, 3.8) is 0 Å². The van der Waals surface area contributed by atoms with Gasteiger partial charge in [-0.15, -0.1) is 0 Å². The third-order valence-electron chi connectivity index (χ3n) is 3.77. The van der Waals surface area contributed by atoms with Crippen molar-refractivity contribution in [1.29, 1.82) is 0 Å². The van der Waals surface area contributed by atoms with Crippen molar-refractivity contribution in [2.45, 2.75) is 71.0 Å². The van der Waals surface area contributed by atoms with Crippen LogP contribution in [0.5, 0.6) is 0 Å². The molecule has 11 heteroatoms. The highest BCUT2D eigenvalue weighted by molar-refractivity contribution is 5.94. The van der Waals surface area contributed by atoms with Gasteiger partial charge in [0.2, 0.25) is 17.7 Å². The summed E-state index contributed by atoms with van der Waals surface area (Å²) in [6.07, 6.45) is -2.68. The molecular formula is C16H30N4O7. The zero-order valence-corrected chi connectivity index (χ0v) is 16.1. The van der Waals surface area contributed by atoms with Gasteiger partial charge in [0.25, 0.3) is 0 Å². The number of hydrogen-bond donors (Lipinski definition) is 7. The predicted octanol–water partition coefficient (Wildman–Crippen LogP) is -2.71. The lowest BCUT2D eigenvalue weighted by molar-refractivity contribution is -0.144. The van der Waals surface area contributed by atoms with Gasteiger partial charge in [0, 0.05) is 0 Å². The third kappa shape index (κ3) is 7.89. The number of nitrogens with two attached hydrogens (primary N) is 1. The van der Waals surface area contributed by atoms with E-state index in [1.807, 2.05) is 0 Å². The molecule has 0 aromatic heterocycles. The Labute approximate surface area is 157 Å². The van der Waals surface area contributed by atoms with Gasteiger partial charge < -0.3 is 37.0 Å². The molecule has 0 bridgehead atoms. The standard InChI is InChI=1S/C16H30N4O7/c1-6(2)10(16(26)27)18-14(24)12(9(5)22)20-15(25)11(8(4)21)19-13(23)7(3)17/h6-12,21-22H,17H2,1-5H3,(H,18,24)(H,19,23)(H,20,25)(H,26,27). The van der Waals surface area contributed by atoms with Crippen molar-refractivity contribution in [3.05, 3.63) is 0 Å². The number of aliphatic carboxylic acids is 1. The largest absolute Gasteiger partial charge is 0.480 e. The van der Waals surface area contributed by atoms with Crippen LogP contribution in [0, 0.1) is 5.92 Å². The number of carbonyl (C=O) groups excluding carboxylic acids is 3. The van der Waals surface area contributed by atoms with Crippen molar-refractivity contribution in [3.8, 4) is 0 Å². The van der Waals surface area contributed by atoms with Crippen LogP contribution >= 0.6 is 0 Å². The summed E-state index contributed by atoms with van der Waals surface area (Å²) in [5, 5.41) is 35.4. The lowest BCUT2D eigenvalue weighted by Crippen LogP contribution is -2.62. The topological polar surface area (TPSA) is 191 Å². The summed E-state index contributed by atoms with van der Waals surface area (Å²) >= 11 is 0. The van der Waals surface area contributed by atoms with E-state index in [9.17, 15) is 29.4 Å². The van der Waals surface area contributed by atoms with E-state index in [1.165, 1.54) is 20.8 Å². The van der Waals surface area contributed by atoms with E-state index in [-0.39, 0.29) is 0 Å². The fourth-order valence-electron chi connectivity index (χ4n) is 2.09. The second-order valence-electron chi connectivity index (χ2n) is 6.81. The average Bonchev–Trinajstić information content (AvgIpc) is 2.52. The highest BCUT2D eigenvalue weighted by Crippen LogP contribution is 2.04. The minimum atomic E-state index is -1.49. The third-order valence-corrected chi connectivity index (χ3v) is 3.77. The van der Waals surface area contributed by atoms with Gasteiger partial charge in [0.1, 0.15) is 18.1 Å². The summed E-state index contributed by atoms with van der Waals surface area (Å²) in [6, 6.07) is -5.07. The first kappa shape index (κ1) is 24.8. The first-order valence-corrected chi connectivity index (χ1v) is 8.55. The summed E-state index contributed by atoms with van der Waals surface area (Å²) in [7, 11) is 0. The first-order valence-electron chi connectivity index (χ1n) is 8.55. The van der Waals surface area contributed by atoms with Gasteiger partial charge >= 0.3 is 5.97 Å². The fraction of sp³-hybridized carbons (Fsp3) is 0.750. The molecule has 3 amide bonds. The maximum absolute atomic E-state index is 12.4. The number of rotatable bonds is 10. The van der Waals surface area contributed by atoms with E-state index < -0.39 is 66.0 Å². The van der Waals surface area contributed by atoms with Crippen LogP contribution in [0.4, 0.5) is 0 Å². The van der Waals surface area contributed by atoms with E-state index in [1.54, 1.807) is 13.8 Å². The normalized spacial score (nSPS) is 17.8. The molecule has 0 aliphatic heterocycles. The summed E-state index contributed by atoms with van der Waals surface area (Å²) in [4.78, 5) is 47.6. The molecule has 0 aromatic carbocycles. The van der Waals surface area contributed by atoms with E-state index in [0.29, 0.717) is 0 Å². The molecule has 27 heavy (non-hydrogen) atoms. The van der Waals surface area contributed by atoms with Crippen molar-refractivity contribution in [2.75, 3.05) is 0 Å². The van der Waals surface area contributed by atoms with Gasteiger partial charge in [-0.2, -0.15) is 0 Å². The molecule has 0 aliphatic rings. The van der Waals surface area contributed by atoms with Gasteiger partial charge in [-0.3, -0.25) is 14.4 Å². The van der Waals surface area contributed by atoms with Crippen LogP contribution in [0.1, 0.15) is 34.6 Å². The molecule has 0 fully saturated rings. The Hall–Kier alpha value is -2.24. The van der Waals surface area contributed by atoms with Crippen molar-refractivity contribution < 1.29 is 34.5 Å². The molecule has 6 atom stereocenters. The average molecular weight is 390 g/mol. The van der Waals surface area contributed by atoms with E-state index in [2.05, 4.69) is 16.0 Å². The molecular weight excluding hydrogens is 360 g/mol. The van der Waals surface area contributed by atoms with Crippen LogP contribution in [-0.4, -0.2) is 75.4 Å². The quantitative estimate of drug-likeness (QED) is 0.209. The van der Waals surface area contributed by atoms with Crippen LogP contribution in [0.15, 0.2) is 0 Å². The molecule has 0 saturated carbocycles. The zero-order chi connectivity index (χ0) is 21.5. The lowest BCUT2D eigenvalue weighted by Gasteiger charge is -2.28. The molecule has 0 radical (unpaired) electrons. The fourth-order valence-corrected chi connectivity index (χ4v) is 2.09. The molecule has 11 nitrogen and oxygen atoms in total. The SMILES string of the molecule is CC(N)C(=O)NC(C(=O)NC(C(=O)NC(C(=O)O)C(C)C)C(C)O)C(C)O. The van der Waals surface area contributed by atoms with Crippen LogP contribution in [0.2, 0.25) is 0 Å². The van der Waals surface area contributed by atoms with Crippen molar-refractivity contribution >= 4 is 23.7 Å². The van der Waals surface area contributed by atoms with Crippen LogP contribution in [0.3, 0.4) is 0 Å². The van der Waals surface area contributed by atoms with E-state index >= 15 is 0 Å². The molecule has 156 valence electrons. The number of amides is 3. The Morgan fingerprint density at radius 3 is 1.30 bits per heavy atom. The highest BCUT2D eigenvalue weighted by atomic mass is 16.4. The molecule has 0 heterocycles. The van der Waals surface area contributed by atoms with E-state index in [4.69, 9.17) is 10.8 Å². The Balaban J connectivity index is 5.30. The first-order chi connectivity index (χ1) is 12.3. The smallest absolute Gasteiger partial charge is 0.326 e. The molecule has 0 rings (SSSR count). The second-order valence-corrected chi connectivity index (χ2v) is 6.81. The summed E-state index contributed by atoms with van der Waals surface area (Å²) in [5.74, 6) is -4.24. The Morgan fingerprint density at radius 1 is 0.704 bits per heavy atom. The molecule has 0 spiro atoms. The Morgan fingerprint density at radius 2 is 1.04 bits per heavy atom. The zero-order valence-electron chi connectivity index (χ0n) is 16.1. The molecule has 8 N–H and O–H groups in total. The minimum absolute atomic E-state index is 0.438. The maximum Gasteiger partial charge on any atom is 0.326 e. The number of nitrogens with one attached hydrogen (secondary N) is 3. The van der Waals surface area contributed by atoms with Gasteiger partial charge in [-0.1, -0.05) is 13.8 Å². The summed E-state index contributed by atoms with van der Waals surface area (Å²) < 4.78 is 0. The number of aliphatic hydroxyl groups excluding tert-OH is 2. The molecule has 0 aromatic rings. The molecule has 6 unspecified atom stereocenters. The van der Waals surface area contributed by atoms with Gasteiger partial charge in [-0.25, -0.2) is 4.79 Å². The summed E-state index contributed by atoms with van der Waals surface area (Å²) in [5.41, 5.74) is 5.41. The highest BCUT2D eigenvalue weighted by Gasteiger charge is 2.34. The minimum Gasteiger partial charge on any atom is -0.480 e. The number of carboxylic acid groups (broad SMARTS) is 1. The van der Waals surface area contributed by atoms with Crippen molar-refractivity contribution in [1.82, 2.24) is 16.0 Å². The van der Waals surface area contributed by atoms with Crippen LogP contribution < -0.4 is 21.7 Å². The molecule has 0 saturated heterocycles. The second kappa shape index (κ2) is 10.8. The van der Waals surface area contributed by atoms with Crippen molar-refractivity contribution in [2.24, 2.45) is 11.7 Å². The van der Waals surface area contributed by atoms with Crippen LogP contribution in [-0.2, 0) is 19.2 Å². The Bertz CT molecular complexity index is 549. The predicted molar refractivity (Wildman–Crippen MR) is 95.3 cm³/mol. The number of carbonyl (C=O) groups is 4. The van der Waals surface area contributed by atoms with E-state index in [0.717, 1.165) is 0 Å². The number of hydrogen-bond acceptors (Lipinski definition) is 7. The summed E-state index contributed by atoms with van der Waals surface area (Å²) in [6.45, 7) is 7.04. The monoisotopic (exact) mass is 390 g/mol. The van der Waals surface area contributed by atoms with Gasteiger partial charge in [-0.05, 0) is 26.7 Å².